The van der Waals surface area contributed by atoms with Crippen molar-refractivity contribution in [1.29, 1.82) is 0 Å². The number of halogens is 5. The van der Waals surface area contributed by atoms with Gasteiger partial charge >= 0.3 is 6.18 Å². The molecule has 0 saturated carbocycles. The molecule has 2 aromatic rings. The molecule has 3 nitrogen and oxygen atoms in total. The third-order valence-electron chi connectivity index (χ3n) is 2.52. The van der Waals surface area contributed by atoms with E-state index in [4.69, 9.17) is 23.2 Å². The van der Waals surface area contributed by atoms with E-state index in [2.05, 4.69) is 9.71 Å². The van der Waals surface area contributed by atoms with Gasteiger partial charge in [-0.25, -0.2) is 8.93 Å². The van der Waals surface area contributed by atoms with Crippen LogP contribution in [0.25, 0.3) is 0 Å². The molecule has 0 saturated heterocycles. The summed E-state index contributed by atoms with van der Waals surface area (Å²) in [7, 11) is -0.265. The van der Waals surface area contributed by atoms with Crippen molar-refractivity contribution in [2.45, 2.75) is 18.0 Å². The Labute approximate surface area is 144 Å². The Morgan fingerprint density at radius 3 is 2.26 bits per heavy atom. The van der Waals surface area contributed by atoms with Gasteiger partial charge < -0.3 is 0 Å². The number of aromatic nitrogens is 1. The molecular formula is C14H13Cl2F3N2OS. The lowest BCUT2D eigenvalue weighted by molar-refractivity contribution is -0.137. The van der Waals surface area contributed by atoms with Gasteiger partial charge in [-0.3, -0.25) is 4.98 Å². The maximum Gasteiger partial charge on any atom is 0.417 e. The summed E-state index contributed by atoms with van der Waals surface area (Å²) in [6, 6.07) is 6.83. The summed E-state index contributed by atoms with van der Waals surface area (Å²) < 4.78 is 50.7. The number of pyridine rings is 1. The molecule has 1 aromatic carbocycles. The molecule has 0 fully saturated rings. The molecule has 0 bridgehead atoms. The van der Waals surface area contributed by atoms with Crippen molar-refractivity contribution in [2.24, 2.45) is 0 Å². The van der Waals surface area contributed by atoms with Crippen molar-refractivity contribution in [3.63, 3.8) is 0 Å². The van der Waals surface area contributed by atoms with E-state index < -0.39 is 27.7 Å². The topological polar surface area (TPSA) is 42.0 Å². The van der Waals surface area contributed by atoms with E-state index in [0.717, 1.165) is 17.8 Å². The summed E-state index contributed by atoms with van der Waals surface area (Å²) in [5.74, 6) is 0. The number of aryl methyl sites for hydroxylation is 1. The number of nitrogens with one attached hydrogen (secondary N) is 1. The Kier molecular flexibility index (Phi) is 7.47. The molecule has 23 heavy (non-hydrogen) atoms. The van der Waals surface area contributed by atoms with Crippen molar-refractivity contribution in [3.8, 4) is 0 Å². The highest BCUT2D eigenvalue weighted by Crippen LogP contribution is 2.35. The second-order valence-electron chi connectivity index (χ2n) is 4.23. The second kappa shape index (κ2) is 8.63. The lowest BCUT2D eigenvalue weighted by Crippen LogP contribution is -2.12. The zero-order chi connectivity index (χ0) is 17.6. The molecule has 126 valence electrons. The molecule has 1 N–H and O–H groups in total. The van der Waals surface area contributed by atoms with Crippen molar-refractivity contribution < 1.29 is 17.4 Å². The second-order valence-corrected chi connectivity index (χ2v) is 6.49. The van der Waals surface area contributed by atoms with Crippen molar-refractivity contribution in [1.82, 2.24) is 9.71 Å². The normalized spacial score (nSPS) is 12.3. The van der Waals surface area contributed by atoms with E-state index in [1.807, 2.05) is 19.1 Å². The van der Waals surface area contributed by atoms with Crippen LogP contribution in [0, 0.1) is 6.92 Å². The third kappa shape index (κ3) is 6.47. The van der Waals surface area contributed by atoms with Crippen molar-refractivity contribution in [2.75, 3.05) is 7.05 Å². The molecule has 0 spiro atoms. The predicted molar refractivity (Wildman–Crippen MR) is 85.9 cm³/mol. The SMILES string of the molecule is CNS(=O)c1ccc(Cl)c(C(F)(F)F)c1.Cc1ccc(Cl)cn1. The van der Waals surface area contributed by atoms with Crippen LogP contribution in [0.4, 0.5) is 13.2 Å². The monoisotopic (exact) mass is 384 g/mol. The van der Waals surface area contributed by atoms with Gasteiger partial charge in [0.25, 0.3) is 0 Å². The molecular weight excluding hydrogens is 372 g/mol. The highest BCUT2D eigenvalue weighted by atomic mass is 35.5. The number of hydrogen-bond donors (Lipinski definition) is 1. The summed E-state index contributed by atoms with van der Waals surface area (Å²) >= 11 is 10.9. The minimum Gasteiger partial charge on any atom is -0.260 e. The van der Waals surface area contributed by atoms with Crippen LogP contribution in [0.15, 0.2) is 41.4 Å². The minimum absolute atomic E-state index is 0.0363. The summed E-state index contributed by atoms with van der Waals surface area (Å²) in [4.78, 5) is 3.98. The molecule has 0 amide bonds. The molecule has 1 heterocycles. The summed E-state index contributed by atoms with van der Waals surface area (Å²) in [5, 5.41) is 0.287. The lowest BCUT2D eigenvalue weighted by Gasteiger charge is -2.10. The van der Waals surface area contributed by atoms with Crippen LogP contribution in [0.3, 0.4) is 0 Å². The standard InChI is InChI=1S/C8H7ClF3NOS.C6H6ClN/c1-13-15(14)5-2-3-7(9)6(4-5)8(10,11)12;1-5-2-3-6(7)4-8-5/h2-4,13H,1H3;2-4H,1H3. The molecule has 1 unspecified atom stereocenters. The smallest absolute Gasteiger partial charge is 0.260 e. The van der Waals surface area contributed by atoms with Crippen LogP contribution in [0.1, 0.15) is 11.3 Å². The molecule has 2 rings (SSSR count). The molecule has 0 aliphatic heterocycles. The fourth-order valence-electron chi connectivity index (χ4n) is 1.40. The Hall–Kier alpha value is -1.15. The summed E-state index contributed by atoms with van der Waals surface area (Å²) in [5.41, 5.74) is 0.0136. The maximum absolute atomic E-state index is 12.4. The first-order chi connectivity index (χ1) is 10.6. The van der Waals surface area contributed by atoms with Gasteiger partial charge in [0.2, 0.25) is 0 Å². The van der Waals surface area contributed by atoms with Crippen LogP contribution >= 0.6 is 23.2 Å². The summed E-state index contributed by atoms with van der Waals surface area (Å²) in [6.45, 7) is 1.93. The lowest BCUT2D eigenvalue weighted by atomic mass is 10.2. The minimum atomic E-state index is -4.54. The van der Waals surface area contributed by atoms with Gasteiger partial charge in [0.1, 0.15) is 11.0 Å². The van der Waals surface area contributed by atoms with Gasteiger partial charge in [-0.1, -0.05) is 23.2 Å². The van der Waals surface area contributed by atoms with E-state index in [1.165, 1.54) is 13.1 Å². The number of benzene rings is 1. The van der Waals surface area contributed by atoms with Crippen LogP contribution in [0.5, 0.6) is 0 Å². The van der Waals surface area contributed by atoms with Crippen LogP contribution in [0.2, 0.25) is 10.0 Å². The molecule has 1 atom stereocenters. The number of rotatable bonds is 2. The zero-order valence-corrected chi connectivity index (χ0v) is 14.4. The summed E-state index contributed by atoms with van der Waals surface area (Å²) in [6.07, 6.45) is -2.90. The highest BCUT2D eigenvalue weighted by Gasteiger charge is 2.33. The van der Waals surface area contributed by atoms with Crippen LogP contribution in [-0.2, 0) is 17.2 Å². The predicted octanol–water partition coefficient (Wildman–Crippen LogP) is 4.64. The first-order valence-corrected chi connectivity index (χ1v) is 8.09. The third-order valence-corrected chi connectivity index (χ3v) is 4.12. The molecule has 1 aromatic heterocycles. The fourth-order valence-corrected chi connectivity index (χ4v) is 2.39. The molecule has 0 aliphatic rings. The zero-order valence-electron chi connectivity index (χ0n) is 12.1. The van der Waals surface area contributed by atoms with E-state index in [1.54, 1.807) is 6.20 Å². The Bertz CT molecular complexity index is 658. The van der Waals surface area contributed by atoms with Gasteiger partial charge in [-0.05, 0) is 44.3 Å². The van der Waals surface area contributed by atoms with Crippen molar-refractivity contribution in [3.05, 3.63) is 57.8 Å². The molecule has 9 heteroatoms. The van der Waals surface area contributed by atoms with Crippen LogP contribution < -0.4 is 4.72 Å². The maximum atomic E-state index is 12.4. The number of alkyl halides is 3. The Morgan fingerprint density at radius 2 is 1.83 bits per heavy atom. The molecule has 0 aliphatic carbocycles. The highest BCUT2D eigenvalue weighted by molar-refractivity contribution is 7.83. The van der Waals surface area contributed by atoms with Gasteiger partial charge in [0, 0.05) is 11.9 Å². The van der Waals surface area contributed by atoms with Gasteiger partial charge in [-0.15, -0.1) is 0 Å². The average molecular weight is 385 g/mol. The van der Waals surface area contributed by atoms with Gasteiger partial charge in [0.05, 0.1) is 20.5 Å². The van der Waals surface area contributed by atoms with E-state index in [9.17, 15) is 17.4 Å². The largest absolute Gasteiger partial charge is 0.417 e. The van der Waals surface area contributed by atoms with Crippen LogP contribution in [-0.4, -0.2) is 16.2 Å². The first kappa shape index (κ1) is 19.9. The van der Waals surface area contributed by atoms with E-state index >= 15 is 0 Å². The van der Waals surface area contributed by atoms with Gasteiger partial charge in [0.15, 0.2) is 0 Å². The average Bonchev–Trinajstić information content (AvgIpc) is 2.49. The number of nitrogens with zero attached hydrogens (tertiary/aromatic N) is 1. The fraction of sp³-hybridized carbons (Fsp3) is 0.214. The van der Waals surface area contributed by atoms with E-state index in [-0.39, 0.29) is 4.90 Å². The van der Waals surface area contributed by atoms with E-state index in [0.29, 0.717) is 5.02 Å². The van der Waals surface area contributed by atoms with Gasteiger partial charge in [-0.2, -0.15) is 13.2 Å². The Morgan fingerprint density at radius 1 is 1.17 bits per heavy atom. The Balaban J connectivity index is 0.000000277. The first-order valence-electron chi connectivity index (χ1n) is 6.19. The van der Waals surface area contributed by atoms with Crippen molar-refractivity contribution >= 4 is 34.2 Å². The number of hydrogen-bond acceptors (Lipinski definition) is 2. The quantitative estimate of drug-likeness (QED) is 0.818. The molecule has 0 radical (unpaired) electrons.